The summed E-state index contributed by atoms with van der Waals surface area (Å²) in [4.78, 5) is 25.6. The van der Waals surface area contributed by atoms with Gasteiger partial charge in [-0.05, 0) is 53.2 Å². The van der Waals surface area contributed by atoms with Crippen molar-refractivity contribution in [2.24, 2.45) is 0 Å². The molecule has 1 aromatic heterocycles. The molecule has 2 amide bonds. The third-order valence-corrected chi connectivity index (χ3v) is 6.13. The summed E-state index contributed by atoms with van der Waals surface area (Å²) in [6.45, 7) is 3.20. The lowest BCUT2D eigenvalue weighted by atomic mass is 10.00. The molecular weight excluding hydrogens is 417 g/mol. The standard InChI is InChI=1S/C22H18FN5O2S/c23-17-11-14(2-4-19(17)28-7-5-24-6-8-28)16-12-25-27-18-3-1-13(9-15(16)18)10-20-21(29)26-22(30)31-20/h1-4,9-12,24H,5-8H2,(H,26,29,30). The average Bonchev–Trinajstić information content (AvgIpc) is 3.10. The highest BCUT2D eigenvalue weighted by Crippen LogP contribution is 2.32. The summed E-state index contributed by atoms with van der Waals surface area (Å²) in [5.41, 5.74) is 3.44. The number of rotatable bonds is 3. The fourth-order valence-electron chi connectivity index (χ4n) is 3.80. The Bertz CT molecular complexity index is 1240. The van der Waals surface area contributed by atoms with E-state index >= 15 is 0 Å². The minimum atomic E-state index is -0.409. The van der Waals surface area contributed by atoms with Crippen molar-refractivity contribution in [3.05, 3.63) is 58.9 Å². The summed E-state index contributed by atoms with van der Waals surface area (Å²) in [7, 11) is 0. The van der Waals surface area contributed by atoms with Crippen molar-refractivity contribution < 1.29 is 14.0 Å². The number of carbonyl (C=O) groups excluding carboxylic acids is 2. The van der Waals surface area contributed by atoms with E-state index in [2.05, 4.69) is 20.8 Å². The largest absolute Gasteiger partial charge is 0.367 e. The SMILES string of the molecule is O=C1NC(=O)C(=Cc2ccc3nncc(-c4ccc(N5CCNCC5)c(F)c4)c3c2)S1. The molecule has 0 unspecified atom stereocenters. The zero-order chi connectivity index (χ0) is 21.4. The Morgan fingerprint density at radius 2 is 1.94 bits per heavy atom. The van der Waals surface area contributed by atoms with E-state index < -0.39 is 5.91 Å². The first-order valence-corrected chi connectivity index (χ1v) is 10.7. The summed E-state index contributed by atoms with van der Waals surface area (Å²) in [5.74, 6) is -0.686. The summed E-state index contributed by atoms with van der Waals surface area (Å²) in [6, 6.07) is 10.7. The lowest BCUT2D eigenvalue weighted by Crippen LogP contribution is -2.43. The Kier molecular flexibility index (Phi) is 5.13. The topological polar surface area (TPSA) is 87.2 Å². The van der Waals surface area contributed by atoms with Crippen LogP contribution in [-0.2, 0) is 4.79 Å². The molecule has 5 rings (SSSR count). The van der Waals surface area contributed by atoms with Crippen molar-refractivity contribution in [1.29, 1.82) is 0 Å². The van der Waals surface area contributed by atoms with Gasteiger partial charge in [-0.2, -0.15) is 10.2 Å². The number of thioether (sulfide) groups is 1. The number of fused-ring (bicyclic) bond motifs is 1. The van der Waals surface area contributed by atoms with Crippen LogP contribution in [0.2, 0.25) is 0 Å². The quantitative estimate of drug-likeness (QED) is 0.611. The van der Waals surface area contributed by atoms with Crippen LogP contribution in [0.3, 0.4) is 0 Å². The summed E-state index contributed by atoms with van der Waals surface area (Å²) < 4.78 is 15.0. The molecule has 156 valence electrons. The maximum absolute atomic E-state index is 15.0. The number of nitrogens with one attached hydrogen (secondary N) is 2. The van der Waals surface area contributed by atoms with Gasteiger partial charge in [-0.15, -0.1) is 0 Å². The van der Waals surface area contributed by atoms with E-state index in [0.717, 1.165) is 54.5 Å². The van der Waals surface area contributed by atoms with Gasteiger partial charge in [0, 0.05) is 37.1 Å². The molecule has 2 aliphatic rings. The highest BCUT2D eigenvalue weighted by atomic mass is 32.2. The van der Waals surface area contributed by atoms with Crippen LogP contribution in [-0.4, -0.2) is 47.5 Å². The molecule has 0 bridgehead atoms. The number of carbonyl (C=O) groups is 2. The second kappa shape index (κ2) is 8.09. The number of halogens is 1. The van der Waals surface area contributed by atoms with Crippen molar-refractivity contribution in [2.75, 3.05) is 31.1 Å². The molecule has 2 aliphatic heterocycles. The third-order valence-electron chi connectivity index (χ3n) is 5.32. The molecule has 9 heteroatoms. The summed E-state index contributed by atoms with van der Waals surface area (Å²) in [6.07, 6.45) is 3.27. The maximum atomic E-state index is 15.0. The Morgan fingerprint density at radius 3 is 2.68 bits per heavy atom. The highest BCUT2D eigenvalue weighted by Gasteiger charge is 2.25. The molecule has 0 spiro atoms. The first-order valence-electron chi connectivity index (χ1n) is 9.84. The van der Waals surface area contributed by atoms with E-state index in [4.69, 9.17) is 0 Å². The first-order chi connectivity index (χ1) is 15.1. The fourth-order valence-corrected chi connectivity index (χ4v) is 4.49. The minimum Gasteiger partial charge on any atom is -0.367 e. The van der Waals surface area contributed by atoms with E-state index in [0.29, 0.717) is 21.7 Å². The van der Waals surface area contributed by atoms with Gasteiger partial charge < -0.3 is 10.2 Å². The van der Waals surface area contributed by atoms with E-state index in [9.17, 15) is 14.0 Å². The fraction of sp³-hybridized carbons (Fsp3) is 0.182. The lowest BCUT2D eigenvalue weighted by molar-refractivity contribution is -0.115. The predicted molar refractivity (Wildman–Crippen MR) is 119 cm³/mol. The number of imide groups is 1. The van der Waals surface area contributed by atoms with Crippen molar-refractivity contribution in [3.8, 4) is 11.1 Å². The third kappa shape index (κ3) is 3.89. The molecule has 2 aromatic carbocycles. The van der Waals surface area contributed by atoms with E-state index in [-0.39, 0.29) is 11.1 Å². The Balaban J connectivity index is 1.54. The van der Waals surface area contributed by atoms with Crippen LogP contribution in [0.25, 0.3) is 28.1 Å². The molecule has 2 saturated heterocycles. The van der Waals surface area contributed by atoms with Crippen molar-refractivity contribution in [2.45, 2.75) is 0 Å². The molecule has 3 heterocycles. The molecule has 2 N–H and O–H groups in total. The number of hydrogen-bond acceptors (Lipinski definition) is 7. The van der Waals surface area contributed by atoms with Crippen LogP contribution in [0.4, 0.5) is 14.9 Å². The van der Waals surface area contributed by atoms with Gasteiger partial charge in [-0.3, -0.25) is 14.9 Å². The first kappa shape index (κ1) is 19.7. The zero-order valence-corrected chi connectivity index (χ0v) is 17.2. The molecule has 0 saturated carbocycles. The number of hydrogen-bond donors (Lipinski definition) is 2. The number of aromatic nitrogens is 2. The van der Waals surface area contributed by atoms with E-state index in [1.807, 2.05) is 17.0 Å². The highest BCUT2D eigenvalue weighted by molar-refractivity contribution is 8.18. The second-order valence-corrected chi connectivity index (χ2v) is 8.31. The number of piperazine rings is 1. The normalized spacial score (nSPS) is 18.1. The van der Waals surface area contributed by atoms with Crippen LogP contribution in [0, 0.1) is 5.82 Å². The van der Waals surface area contributed by atoms with Crippen molar-refractivity contribution in [1.82, 2.24) is 20.8 Å². The Morgan fingerprint density at radius 1 is 1.10 bits per heavy atom. The van der Waals surface area contributed by atoms with Gasteiger partial charge in [0.15, 0.2) is 0 Å². The molecule has 2 fully saturated rings. The Labute approximate surface area is 181 Å². The van der Waals surface area contributed by atoms with Crippen molar-refractivity contribution >= 4 is 45.6 Å². The smallest absolute Gasteiger partial charge is 0.290 e. The number of anilines is 1. The maximum Gasteiger partial charge on any atom is 0.290 e. The van der Waals surface area contributed by atoms with Gasteiger partial charge in [0.2, 0.25) is 0 Å². The van der Waals surface area contributed by atoms with Crippen LogP contribution in [0.15, 0.2) is 47.5 Å². The number of benzene rings is 2. The average molecular weight is 435 g/mol. The van der Waals surface area contributed by atoms with Crippen LogP contribution >= 0.6 is 11.8 Å². The molecule has 31 heavy (non-hydrogen) atoms. The number of nitrogens with zero attached hydrogens (tertiary/aromatic N) is 3. The van der Waals surface area contributed by atoms with Crippen LogP contribution in [0.1, 0.15) is 5.56 Å². The van der Waals surface area contributed by atoms with Gasteiger partial charge in [0.05, 0.1) is 22.3 Å². The van der Waals surface area contributed by atoms with E-state index in [1.165, 1.54) is 6.07 Å². The molecule has 0 atom stereocenters. The monoisotopic (exact) mass is 435 g/mol. The van der Waals surface area contributed by atoms with Crippen LogP contribution < -0.4 is 15.5 Å². The van der Waals surface area contributed by atoms with Crippen LogP contribution in [0.5, 0.6) is 0 Å². The van der Waals surface area contributed by atoms with Gasteiger partial charge in [-0.1, -0.05) is 12.1 Å². The minimum absolute atomic E-state index is 0.278. The van der Waals surface area contributed by atoms with Gasteiger partial charge >= 0.3 is 0 Å². The van der Waals surface area contributed by atoms with Crippen molar-refractivity contribution in [3.63, 3.8) is 0 Å². The molecule has 0 radical (unpaired) electrons. The molecular formula is C22H18FN5O2S. The molecule has 3 aromatic rings. The summed E-state index contributed by atoms with van der Waals surface area (Å²) >= 11 is 0.866. The summed E-state index contributed by atoms with van der Waals surface area (Å²) in [5, 5.41) is 14.1. The van der Waals surface area contributed by atoms with Gasteiger partial charge in [0.25, 0.3) is 11.1 Å². The zero-order valence-electron chi connectivity index (χ0n) is 16.4. The molecule has 7 nitrogen and oxygen atoms in total. The Hall–Kier alpha value is -3.30. The van der Waals surface area contributed by atoms with Gasteiger partial charge in [-0.25, -0.2) is 4.39 Å². The lowest BCUT2D eigenvalue weighted by Gasteiger charge is -2.29. The second-order valence-electron chi connectivity index (χ2n) is 7.29. The molecule has 0 aliphatic carbocycles. The van der Waals surface area contributed by atoms with E-state index in [1.54, 1.807) is 30.5 Å². The van der Waals surface area contributed by atoms with Gasteiger partial charge in [0.1, 0.15) is 5.82 Å². The predicted octanol–water partition coefficient (Wildman–Crippen LogP) is 3.17. The number of amides is 2.